The minimum Gasteiger partial charge on any atom is -0.487 e. The van der Waals surface area contributed by atoms with E-state index in [9.17, 15) is 32.9 Å². The number of benzene rings is 3. The molecule has 1 atom stereocenters. The third-order valence-electron chi connectivity index (χ3n) is 10.6. The van der Waals surface area contributed by atoms with Gasteiger partial charge < -0.3 is 14.4 Å². The molecule has 1 aliphatic carbocycles. The number of aromatic nitrogens is 2. The predicted molar refractivity (Wildman–Crippen MR) is 221 cm³/mol. The number of ether oxygens (including phenoxy) is 2. The van der Waals surface area contributed by atoms with E-state index in [-0.39, 0.29) is 53.6 Å². The number of carbonyl (C=O) groups is 4. The van der Waals surface area contributed by atoms with Gasteiger partial charge in [0.05, 0.1) is 29.6 Å². The second-order valence-corrected chi connectivity index (χ2v) is 17.9. The first kappa shape index (κ1) is 42.7. The molecular formula is C43H45ClN6O8S. The van der Waals surface area contributed by atoms with Crippen LogP contribution in [0, 0.1) is 11.3 Å². The summed E-state index contributed by atoms with van der Waals surface area (Å²) in [6.07, 6.45) is 4.24. The molecule has 1 unspecified atom stereocenters. The Kier molecular flexibility index (Phi) is 12.4. The van der Waals surface area contributed by atoms with E-state index >= 15 is 0 Å². The van der Waals surface area contributed by atoms with E-state index < -0.39 is 33.2 Å². The second kappa shape index (κ2) is 17.2. The predicted octanol–water partition coefficient (Wildman–Crippen LogP) is 7.58. The summed E-state index contributed by atoms with van der Waals surface area (Å²) in [5.41, 5.74) is 2.14. The molecule has 2 amide bonds. The highest BCUT2D eigenvalue weighted by molar-refractivity contribution is 7.92. The van der Waals surface area contributed by atoms with Gasteiger partial charge in [0, 0.05) is 59.3 Å². The number of nitrogens with zero attached hydrogens (tertiary/aromatic N) is 4. The first-order valence-corrected chi connectivity index (χ1v) is 21.4. The van der Waals surface area contributed by atoms with Crippen molar-refractivity contribution in [1.29, 1.82) is 5.26 Å². The molecule has 6 rings (SSSR count). The third kappa shape index (κ3) is 10.1. The van der Waals surface area contributed by atoms with E-state index in [4.69, 9.17) is 21.1 Å². The van der Waals surface area contributed by atoms with Crippen LogP contribution in [0.15, 0.2) is 66.9 Å². The number of hydrogen-bond acceptors (Lipinski definition) is 11. The maximum Gasteiger partial charge on any atom is 0.412 e. The highest BCUT2D eigenvalue weighted by Crippen LogP contribution is 2.40. The Labute approximate surface area is 348 Å². The number of nitrogens with one attached hydrogen (secondary N) is 2. The zero-order valence-corrected chi connectivity index (χ0v) is 35.0. The lowest BCUT2D eigenvalue weighted by Crippen LogP contribution is -2.41. The molecule has 1 aliphatic heterocycles. The maximum absolute atomic E-state index is 13.4. The molecule has 2 N–H and O–H groups in total. The van der Waals surface area contributed by atoms with Crippen LogP contribution >= 0.6 is 11.6 Å². The van der Waals surface area contributed by atoms with Gasteiger partial charge in [-0.05, 0) is 98.3 Å². The van der Waals surface area contributed by atoms with Gasteiger partial charge in [-0.25, -0.2) is 23.2 Å². The van der Waals surface area contributed by atoms with E-state index in [2.05, 4.69) is 26.1 Å². The molecule has 1 fully saturated rings. The van der Waals surface area contributed by atoms with Gasteiger partial charge >= 0.3 is 6.09 Å². The molecule has 308 valence electrons. The van der Waals surface area contributed by atoms with Crippen LogP contribution in [0.4, 0.5) is 16.4 Å². The summed E-state index contributed by atoms with van der Waals surface area (Å²) >= 11 is 6.90. The van der Waals surface area contributed by atoms with Gasteiger partial charge in [0.25, 0.3) is 5.91 Å². The van der Waals surface area contributed by atoms with Gasteiger partial charge in [-0.1, -0.05) is 37.6 Å². The highest BCUT2D eigenvalue weighted by atomic mass is 35.5. The Bertz CT molecular complexity index is 2460. The average Bonchev–Trinajstić information content (AvgIpc) is 3.52. The first-order valence-electron chi connectivity index (χ1n) is 19.1. The van der Waals surface area contributed by atoms with Crippen LogP contribution in [0.5, 0.6) is 5.75 Å². The Morgan fingerprint density at radius 1 is 0.983 bits per heavy atom. The van der Waals surface area contributed by atoms with Gasteiger partial charge in [-0.2, -0.15) is 5.26 Å². The SMILES string of the molecule is CC(C)(OC(=O)Nc1ccc2c(c1)CN(C1CCC(=O)CCCCC1=O)C2=O)c1c(Cl)cc(C(C)(C)c2ccc(OCc3ccnc(NS(C)(=O)=O)n3)cc2)cc1C#N. The molecule has 3 aromatic carbocycles. The zero-order chi connectivity index (χ0) is 42.7. The van der Waals surface area contributed by atoms with E-state index in [1.54, 1.807) is 62.4 Å². The normalized spacial score (nSPS) is 16.3. The fourth-order valence-electron chi connectivity index (χ4n) is 7.45. The molecule has 0 saturated heterocycles. The number of nitriles is 1. The average molecular weight is 841 g/mol. The molecule has 59 heavy (non-hydrogen) atoms. The topological polar surface area (TPSA) is 198 Å². The molecule has 2 heterocycles. The Morgan fingerprint density at radius 2 is 1.71 bits per heavy atom. The lowest BCUT2D eigenvalue weighted by Gasteiger charge is -2.31. The van der Waals surface area contributed by atoms with Crippen molar-refractivity contribution in [2.24, 2.45) is 0 Å². The largest absolute Gasteiger partial charge is 0.487 e. The quantitative estimate of drug-likeness (QED) is 0.151. The monoisotopic (exact) mass is 840 g/mol. The van der Waals surface area contributed by atoms with E-state index in [1.165, 1.54) is 11.1 Å². The van der Waals surface area contributed by atoms with Crippen LogP contribution in [0.3, 0.4) is 0 Å². The van der Waals surface area contributed by atoms with E-state index in [0.717, 1.165) is 17.4 Å². The number of anilines is 2. The van der Waals surface area contributed by atoms with Crippen LogP contribution in [0.2, 0.25) is 5.02 Å². The number of fused-ring (bicyclic) bond motifs is 1. The number of carbonyl (C=O) groups excluding carboxylic acids is 4. The summed E-state index contributed by atoms with van der Waals surface area (Å²) in [6.45, 7) is 7.51. The number of sulfonamides is 1. The summed E-state index contributed by atoms with van der Waals surface area (Å²) in [5, 5.41) is 13.3. The molecule has 0 spiro atoms. The number of hydrogen-bond donors (Lipinski definition) is 2. The smallest absolute Gasteiger partial charge is 0.412 e. The molecular weight excluding hydrogens is 796 g/mol. The summed E-state index contributed by atoms with van der Waals surface area (Å²) in [4.78, 5) is 61.6. The van der Waals surface area contributed by atoms with Crippen molar-refractivity contribution < 1.29 is 37.1 Å². The fraction of sp³-hybridized carbons (Fsp3) is 0.372. The maximum atomic E-state index is 13.4. The number of ketones is 2. The minimum absolute atomic E-state index is 0.0438. The highest BCUT2D eigenvalue weighted by Gasteiger charge is 2.37. The Balaban J connectivity index is 1.12. The standard InChI is InChI=1S/C43H45ClN6O8S/c1-42(2,28-10-14-33(15-11-28)57-25-31-18-19-46-40(47-31)49-59(5,55)56)29-20-26(23-45)38(35(44)22-29)43(3,4)58-41(54)48-30-12-16-34-27(21-30)24-50(39(34)53)36-17-13-32(51)8-6-7-9-37(36)52/h10-12,14-16,18-22,36H,6-9,13,17,24-25H2,1-5H3,(H,48,54)(H,46,47,49). The molecule has 4 aromatic rings. The molecule has 0 radical (unpaired) electrons. The van der Waals surface area contributed by atoms with Crippen molar-refractivity contribution in [2.75, 3.05) is 16.3 Å². The minimum atomic E-state index is -3.53. The number of rotatable bonds is 11. The van der Waals surface area contributed by atoms with Gasteiger partial charge in [0.1, 0.15) is 23.7 Å². The molecule has 2 aliphatic rings. The van der Waals surface area contributed by atoms with Crippen LogP contribution in [0.1, 0.15) is 110 Å². The summed E-state index contributed by atoms with van der Waals surface area (Å²) in [5.74, 6) is 0.271. The Morgan fingerprint density at radius 3 is 2.42 bits per heavy atom. The summed E-state index contributed by atoms with van der Waals surface area (Å²) < 4.78 is 37.1. The van der Waals surface area contributed by atoms with Gasteiger partial charge in [-0.3, -0.25) is 24.4 Å². The van der Waals surface area contributed by atoms with Crippen LogP contribution in [-0.4, -0.2) is 59.2 Å². The van der Waals surface area contributed by atoms with Crippen molar-refractivity contribution >= 4 is 56.8 Å². The lowest BCUT2D eigenvalue weighted by molar-refractivity contribution is -0.124. The van der Waals surface area contributed by atoms with E-state index in [1.807, 2.05) is 26.0 Å². The van der Waals surface area contributed by atoms with Crippen LogP contribution in [-0.2, 0) is 48.5 Å². The molecule has 1 saturated carbocycles. The molecule has 1 aromatic heterocycles. The Hall–Kier alpha value is -5.85. The van der Waals surface area contributed by atoms with Gasteiger partial charge in [-0.15, -0.1) is 0 Å². The van der Waals surface area contributed by atoms with Crippen LogP contribution < -0.4 is 14.8 Å². The number of halogens is 1. The first-order chi connectivity index (χ1) is 27.8. The van der Waals surface area contributed by atoms with Gasteiger partial charge in [0.15, 0.2) is 5.78 Å². The van der Waals surface area contributed by atoms with Crippen molar-refractivity contribution in [3.8, 4) is 11.8 Å². The van der Waals surface area contributed by atoms with Crippen LogP contribution in [0.25, 0.3) is 0 Å². The molecule has 14 nitrogen and oxygen atoms in total. The van der Waals surface area contributed by atoms with Crippen molar-refractivity contribution in [2.45, 2.75) is 96.4 Å². The molecule has 0 bridgehead atoms. The van der Waals surface area contributed by atoms with E-state index in [0.29, 0.717) is 65.9 Å². The fourth-order valence-corrected chi connectivity index (χ4v) is 8.33. The van der Waals surface area contributed by atoms with Crippen molar-refractivity contribution in [3.05, 3.63) is 111 Å². The summed E-state index contributed by atoms with van der Waals surface area (Å²) in [7, 11) is -3.53. The summed E-state index contributed by atoms with van der Waals surface area (Å²) in [6, 6.07) is 18.9. The van der Waals surface area contributed by atoms with Crippen molar-refractivity contribution in [1.82, 2.24) is 14.9 Å². The second-order valence-electron chi connectivity index (χ2n) is 15.8. The third-order valence-corrected chi connectivity index (χ3v) is 11.4. The molecule has 16 heteroatoms. The number of amides is 2. The lowest BCUT2D eigenvalue weighted by atomic mass is 9.76. The van der Waals surface area contributed by atoms with Gasteiger partial charge in [0.2, 0.25) is 16.0 Å². The number of Topliss-reactive ketones (excluding diaryl/α,β-unsaturated/α-hetero) is 2. The zero-order valence-electron chi connectivity index (χ0n) is 33.4. The van der Waals surface area contributed by atoms with Crippen molar-refractivity contribution in [3.63, 3.8) is 0 Å².